The maximum absolute atomic E-state index is 7.65. The summed E-state index contributed by atoms with van der Waals surface area (Å²) in [5, 5.41) is 8.91. The van der Waals surface area contributed by atoms with E-state index in [1.165, 1.54) is 22.2 Å². The van der Waals surface area contributed by atoms with Crippen molar-refractivity contribution in [1.82, 2.24) is 4.98 Å². The predicted molar refractivity (Wildman–Crippen MR) is 61.1 cm³/mol. The number of H-pyrrole nitrogens is 1. The maximum atomic E-state index is 7.65. The summed E-state index contributed by atoms with van der Waals surface area (Å²) < 4.78 is 1.10. The van der Waals surface area contributed by atoms with E-state index in [-0.39, 0.29) is 0 Å². The molecular weight excluding hydrogens is 240 g/mol. The molecule has 0 spiro atoms. The summed E-state index contributed by atoms with van der Waals surface area (Å²) in [4.78, 5) is 3.37. The first-order valence-electron chi connectivity index (χ1n) is 4.59. The van der Waals surface area contributed by atoms with Crippen LogP contribution in [0.4, 0.5) is 0 Å². The van der Waals surface area contributed by atoms with Gasteiger partial charge in [-0.1, -0.05) is 15.9 Å². The van der Waals surface area contributed by atoms with Crippen LogP contribution in [0.5, 0.6) is 0 Å². The van der Waals surface area contributed by atoms with Gasteiger partial charge in [-0.15, -0.1) is 0 Å². The molecule has 70 valence electrons. The molecule has 0 bridgehead atoms. The fourth-order valence-corrected chi connectivity index (χ4v) is 2.48. The van der Waals surface area contributed by atoms with Crippen molar-refractivity contribution in [3.05, 3.63) is 33.9 Å². The Morgan fingerprint density at radius 3 is 3.00 bits per heavy atom. The quantitative estimate of drug-likeness (QED) is 0.720. The Bertz CT molecular complexity index is 539. The van der Waals surface area contributed by atoms with Gasteiger partial charge < -0.3 is 10.4 Å². The number of aromatic amines is 1. The summed E-state index contributed by atoms with van der Waals surface area (Å²) in [7, 11) is 0. The second-order valence-electron chi connectivity index (χ2n) is 3.73. The average molecular weight is 249 g/mol. The molecule has 0 radical (unpaired) electrons. The van der Waals surface area contributed by atoms with Crippen LogP contribution in [-0.4, -0.2) is 10.7 Å². The van der Waals surface area contributed by atoms with E-state index in [2.05, 4.69) is 33.0 Å². The second-order valence-corrected chi connectivity index (χ2v) is 4.64. The second kappa shape index (κ2) is 2.70. The largest absolute Gasteiger partial charge is 0.358 e. The molecule has 1 aliphatic rings. The van der Waals surface area contributed by atoms with Crippen LogP contribution in [0.1, 0.15) is 11.3 Å². The lowest BCUT2D eigenvalue weighted by Gasteiger charge is -1.95. The SMILES string of the molecule is N=C1Cc2[nH]c3ccc(Br)cc3c2C1. The lowest BCUT2D eigenvalue weighted by Crippen LogP contribution is -1.93. The standard InChI is InChI=1S/C11H9BrN2/c12-6-1-2-10-8(3-6)9-4-7(13)5-11(9)14-10/h1-3,13-14H,4-5H2. The molecule has 1 heterocycles. The fraction of sp³-hybridized carbons (Fsp3) is 0.182. The number of halogens is 1. The van der Waals surface area contributed by atoms with Crippen LogP contribution in [0.2, 0.25) is 0 Å². The van der Waals surface area contributed by atoms with Gasteiger partial charge in [0.25, 0.3) is 0 Å². The first-order chi connectivity index (χ1) is 6.74. The van der Waals surface area contributed by atoms with Crippen LogP contribution in [0.3, 0.4) is 0 Å². The number of rotatable bonds is 0. The number of fused-ring (bicyclic) bond motifs is 3. The summed E-state index contributed by atoms with van der Waals surface area (Å²) in [5.41, 5.74) is 4.54. The Balaban J connectivity index is 2.35. The van der Waals surface area contributed by atoms with E-state index in [0.717, 1.165) is 23.0 Å². The molecule has 3 heteroatoms. The first kappa shape index (κ1) is 8.24. The smallest absolute Gasteiger partial charge is 0.0459 e. The third-order valence-electron chi connectivity index (χ3n) is 2.74. The maximum Gasteiger partial charge on any atom is 0.0459 e. The highest BCUT2D eigenvalue weighted by Crippen LogP contribution is 2.30. The lowest BCUT2D eigenvalue weighted by atomic mass is 10.1. The molecule has 2 aromatic rings. The number of benzene rings is 1. The molecule has 0 amide bonds. The van der Waals surface area contributed by atoms with Crippen LogP contribution < -0.4 is 0 Å². The zero-order valence-corrected chi connectivity index (χ0v) is 9.11. The zero-order chi connectivity index (χ0) is 9.71. The number of hydrogen-bond acceptors (Lipinski definition) is 1. The van der Waals surface area contributed by atoms with Gasteiger partial charge in [0.15, 0.2) is 0 Å². The van der Waals surface area contributed by atoms with Gasteiger partial charge in [0.05, 0.1) is 0 Å². The first-order valence-corrected chi connectivity index (χ1v) is 5.38. The van der Waals surface area contributed by atoms with Crippen LogP contribution in [0.25, 0.3) is 10.9 Å². The van der Waals surface area contributed by atoms with Crippen molar-refractivity contribution in [1.29, 1.82) is 5.41 Å². The van der Waals surface area contributed by atoms with Gasteiger partial charge in [0.1, 0.15) is 0 Å². The number of nitrogens with one attached hydrogen (secondary N) is 2. The summed E-state index contributed by atoms with van der Waals surface area (Å²) in [6, 6.07) is 6.25. The van der Waals surface area contributed by atoms with Crippen LogP contribution in [-0.2, 0) is 12.8 Å². The Kier molecular flexibility index (Phi) is 1.59. The van der Waals surface area contributed by atoms with Gasteiger partial charge in [-0.25, -0.2) is 0 Å². The van der Waals surface area contributed by atoms with Crippen molar-refractivity contribution in [3.8, 4) is 0 Å². The van der Waals surface area contributed by atoms with E-state index in [1.54, 1.807) is 0 Å². The molecular formula is C11H9BrN2. The van der Waals surface area contributed by atoms with Crippen molar-refractivity contribution in [2.45, 2.75) is 12.8 Å². The molecule has 1 aromatic carbocycles. The Hall–Kier alpha value is -1.09. The molecule has 14 heavy (non-hydrogen) atoms. The van der Waals surface area contributed by atoms with Crippen molar-refractivity contribution in [3.63, 3.8) is 0 Å². The molecule has 1 aliphatic carbocycles. The zero-order valence-electron chi connectivity index (χ0n) is 7.52. The van der Waals surface area contributed by atoms with E-state index < -0.39 is 0 Å². The van der Waals surface area contributed by atoms with Crippen LogP contribution in [0.15, 0.2) is 22.7 Å². The molecule has 0 saturated heterocycles. The summed E-state index contributed by atoms with van der Waals surface area (Å²) in [5.74, 6) is 0. The minimum absolute atomic E-state index is 0.793. The topological polar surface area (TPSA) is 39.6 Å². The number of hydrogen-bond donors (Lipinski definition) is 2. The molecule has 0 unspecified atom stereocenters. The molecule has 2 N–H and O–H groups in total. The highest BCUT2D eigenvalue weighted by atomic mass is 79.9. The minimum Gasteiger partial charge on any atom is -0.358 e. The molecule has 0 aliphatic heterocycles. The van der Waals surface area contributed by atoms with Gasteiger partial charge in [-0.3, -0.25) is 0 Å². The molecule has 0 atom stereocenters. The van der Waals surface area contributed by atoms with Gasteiger partial charge >= 0.3 is 0 Å². The third-order valence-corrected chi connectivity index (χ3v) is 3.23. The minimum atomic E-state index is 0.793. The van der Waals surface area contributed by atoms with E-state index in [1.807, 2.05) is 6.07 Å². The molecule has 0 fully saturated rings. The average Bonchev–Trinajstić information content (AvgIpc) is 2.62. The molecule has 2 nitrogen and oxygen atoms in total. The Morgan fingerprint density at radius 1 is 1.29 bits per heavy atom. The highest BCUT2D eigenvalue weighted by Gasteiger charge is 2.20. The van der Waals surface area contributed by atoms with E-state index in [0.29, 0.717) is 0 Å². The van der Waals surface area contributed by atoms with Crippen molar-refractivity contribution in [2.75, 3.05) is 0 Å². The summed E-state index contributed by atoms with van der Waals surface area (Å²) in [6.45, 7) is 0. The molecule has 1 aromatic heterocycles. The van der Waals surface area contributed by atoms with E-state index in [4.69, 9.17) is 5.41 Å². The van der Waals surface area contributed by atoms with Crippen molar-refractivity contribution >= 4 is 32.5 Å². The highest BCUT2D eigenvalue weighted by molar-refractivity contribution is 9.10. The Morgan fingerprint density at radius 2 is 2.14 bits per heavy atom. The van der Waals surface area contributed by atoms with Gasteiger partial charge in [0.2, 0.25) is 0 Å². The van der Waals surface area contributed by atoms with Crippen molar-refractivity contribution < 1.29 is 0 Å². The van der Waals surface area contributed by atoms with Crippen LogP contribution in [0, 0.1) is 5.41 Å². The normalized spacial score (nSPS) is 15.1. The Labute approximate surface area is 90.0 Å². The third kappa shape index (κ3) is 1.05. The fourth-order valence-electron chi connectivity index (χ4n) is 2.12. The molecule has 0 saturated carbocycles. The van der Waals surface area contributed by atoms with Crippen molar-refractivity contribution in [2.24, 2.45) is 0 Å². The molecule has 3 rings (SSSR count). The van der Waals surface area contributed by atoms with E-state index >= 15 is 0 Å². The predicted octanol–water partition coefficient (Wildman–Crippen LogP) is 3.05. The van der Waals surface area contributed by atoms with Gasteiger partial charge in [-0.2, -0.15) is 0 Å². The lowest BCUT2D eigenvalue weighted by molar-refractivity contribution is 1.22. The summed E-state index contributed by atoms with van der Waals surface area (Å²) >= 11 is 3.47. The van der Waals surface area contributed by atoms with E-state index in [9.17, 15) is 0 Å². The van der Waals surface area contributed by atoms with Crippen LogP contribution >= 0.6 is 15.9 Å². The van der Waals surface area contributed by atoms with Gasteiger partial charge in [0, 0.05) is 39.6 Å². The van der Waals surface area contributed by atoms with Gasteiger partial charge in [-0.05, 0) is 23.8 Å². The summed E-state index contributed by atoms with van der Waals surface area (Å²) in [6.07, 6.45) is 1.60. The monoisotopic (exact) mass is 248 g/mol. The number of aromatic nitrogens is 1.